The Morgan fingerprint density at radius 2 is 0.663 bits per heavy atom. The van der Waals surface area contributed by atoms with Crippen LogP contribution in [0, 0.1) is 0 Å². The number of hydrogen-bond acceptors (Lipinski definition) is 31. The van der Waals surface area contributed by atoms with E-state index in [9.17, 15) is 72.3 Å². The van der Waals surface area contributed by atoms with Gasteiger partial charge in [-0.1, -0.05) is 24.3 Å². The fourth-order valence-electron chi connectivity index (χ4n) is 6.66. The van der Waals surface area contributed by atoms with Crippen LogP contribution in [0.5, 0.6) is 0 Å². The number of anilines is 10. The number of nitrogens with zero attached hydrogens (tertiary/aromatic N) is 8. The minimum absolute atomic E-state index is 0. The zero-order valence-corrected chi connectivity index (χ0v) is 56.3. The summed E-state index contributed by atoms with van der Waals surface area (Å²) in [4.78, 5) is 25.7. The number of rotatable bonds is 28. The van der Waals surface area contributed by atoms with E-state index < -0.39 is 86.5 Å². The monoisotopic (exact) mass is 1270 g/mol. The van der Waals surface area contributed by atoms with Crippen molar-refractivity contribution in [1.82, 2.24) is 35.2 Å². The van der Waals surface area contributed by atoms with E-state index in [2.05, 4.69) is 56.5 Å². The third kappa shape index (κ3) is 25.2. The molecule has 0 unspecified atom stereocenters. The van der Waals surface area contributed by atoms with E-state index in [-0.39, 0.29) is 227 Å². The van der Waals surface area contributed by atoms with Crippen LogP contribution in [0.2, 0.25) is 0 Å². The molecule has 31 nitrogen and oxygen atoms in total. The van der Waals surface area contributed by atoms with E-state index in [1.165, 1.54) is 58.3 Å². The van der Waals surface area contributed by atoms with Gasteiger partial charge in [-0.2, -0.15) is 29.9 Å². The molecule has 0 aliphatic carbocycles. The van der Waals surface area contributed by atoms with Gasteiger partial charge >= 0.3 is 118 Å². The molecule has 2 aromatic heterocycles. The zero-order valence-electron chi connectivity index (χ0n) is 45.0. The van der Waals surface area contributed by atoms with Crippen LogP contribution in [0.4, 0.5) is 58.4 Å². The largest absolute Gasteiger partial charge is 1.00 e. The molecule has 6 aromatic rings. The molecule has 0 spiro atoms. The van der Waals surface area contributed by atoms with E-state index in [4.69, 9.17) is 10.2 Å². The number of benzene rings is 4. The van der Waals surface area contributed by atoms with E-state index in [1.54, 1.807) is 0 Å². The number of aromatic nitrogens is 6. The molecule has 0 radical (unpaired) electrons. The van der Waals surface area contributed by atoms with Crippen LogP contribution in [-0.4, -0.2) is 191 Å². The summed E-state index contributed by atoms with van der Waals surface area (Å²) in [6.07, 6.45) is 2.12. The van der Waals surface area contributed by atoms with Gasteiger partial charge in [0.15, 0.2) is 0 Å². The van der Waals surface area contributed by atoms with Crippen molar-refractivity contribution in [2.24, 2.45) is 0 Å². The maximum absolute atomic E-state index is 12.6. The summed E-state index contributed by atoms with van der Waals surface area (Å²) in [5, 5.41) is 68.7. The average molecular weight is 1270 g/mol. The van der Waals surface area contributed by atoms with Crippen molar-refractivity contribution < 1.29 is 201 Å². The first-order valence-electron chi connectivity index (χ1n) is 22.8. The molecule has 39 heteroatoms. The first-order valence-corrected chi connectivity index (χ1v) is 28.5. The Hall–Kier alpha value is -3.20. The second-order valence-electron chi connectivity index (χ2n) is 15.8. The maximum Gasteiger partial charge on any atom is 1.00 e. The minimum Gasteiger partial charge on any atom is -0.744 e. The van der Waals surface area contributed by atoms with Gasteiger partial charge < -0.3 is 85.2 Å². The molecule has 0 amide bonds. The van der Waals surface area contributed by atoms with Gasteiger partial charge in [0.05, 0.1) is 59.2 Å². The van der Waals surface area contributed by atoms with E-state index >= 15 is 0 Å². The minimum atomic E-state index is -5.30. The van der Waals surface area contributed by atoms with Gasteiger partial charge in [-0.25, -0.2) is 33.7 Å². The second kappa shape index (κ2) is 36.8. The quantitative estimate of drug-likeness (QED) is 0.00940. The zero-order chi connectivity index (χ0) is 58.0. The molecule has 0 aliphatic rings. The topological polar surface area (TPSA) is 494 Å². The Morgan fingerprint density at radius 1 is 0.386 bits per heavy atom. The Balaban J connectivity index is 0.00000294. The molecule has 4 aromatic carbocycles. The predicted octanol–water partition coefficient (Wildman–Crippen LogP) is -13.0. The van der Waals surface area contributed by atoms with Crippen LogP contribution >= 0.6 is 0 Å². The van der Waals surface area contributed by atoms with Gasteiger partial charge in [0.25, 0.3) is 0 Å². The second-order valence-corrected chi connectivity index (χ2v) is 21.3. The van der Waals surface area contributed by atoms with Crippen molar-refractivity contribution in [3.63, 3.8) is 0 Å². The van der Waals surface area contributed by atoms with Crippen LogP contribution in [-0.2, 0) is 40.5 Å². The molecule has 428 valence electrons. The molecule has 0 fully saturated rings. The first kappa shape index (κ1) is 77.8. The van der Waals surface area contributed by atoms with E-state index in [0.717, 1.165) is 48.6 Å². The molecule has 6 rings (SSSR count). The van der Waals surface area contributed by atoms with Gasteiger partial charge in [0.1, 0.15) is 40.5 Å². The third-order valence-electron chi connectivity index (χ3n) is 10.2. The Morgan fingerprint density at radius 3 is 0.916 bits per heavy atom. The summed E-state index contributed by atoms with van der Waals surface area (Å²) in [7, 11) is -20.1. The van der Waals surface area contributed by atoms with Gasteiger partial charge in [0, 0.05) is 62.0 Å². The van der Waals surface area contributed by atoms with Crippen LogP contribution in [0.25, 0.3) is 12.2 Å². The number of hydrogen-bond donors (Lipinski definition) is 11. The summed E-state index contributed by atoms with van der Waals surface area (Å²) in [5.74, 6) is -1.12. The molecular weight excluding hydrogens is 1220 g/mol. The number of nitrogens with one attached hydrogen (secondary N) is 5. The van der Waals surface area contributed by atoms with Crippen LogP contribution < -0.4 is 155 Å². The Labute approximate surface area is 566 Å². The van der Waals surface area contributed by atoms with E-state index in [1.807, 2.05) is 0 Å². The van der Waals surface area contributed by atoms with Crippen molar-refractivity contribution in [3.05, 3.63) is 96.1 Å². The van der Waals surface area contributed by atoms with Crippen molar-refractivity contribution in [1.29, 1.82) is 0 Å². The maximum atomic E-state index is 12.6. The van der Waals surface area contributed by atoms with Gasteiger partial charge in [0.2, 0.25) is 35.7 Å². The SMILES string of the molecule is O=S(=O)([O-])c1ccc(Nc2nc(Nc3ccc(/C=C/c4ccc(Nc5nc(Nc6ccc(S(=O)(=O)[O-])cc6)nc(N(CCO)CCO)n5)cc4S(=O)(=O)[O-])c(S(=O)(=O)[O-])c3)nc(N(CCO)CCO)n2)cc1.OCCNCCO.[Na+].[Na+].[Na+].[Na+]. The number of aliphatic hydroxyl groups excluding tert-OH is 6. The van der Waals surface area contributed by atoms with Gasteiger partial charge in [-0.05, 0) is 83.9 Å². The molecule has 83 heavy (non-hydrogen) atoms. The fourth-order valence-corrected chi connectivity index (χ4v) is 8.99. The van der Waals surface area contributed by atoms with Crippen molar-refractivity contribution >= 4 is 111 Å². The predicted molar refractivity (Wildman–Crippen MR) is 279 cm³/mol. The van der Waals surface area contributed by atoms with Crippen LogP contribution in [0.1, 0.15) is 11.1 Å². The molecule has 0 aliphatic heterocycles. The summed E-state index contributed by atoms with van der Waals surface area (Å²) in [5.41, 5.74) is -0.253. The van der Waals surface area contributed by atoms with Crippen molar-refractivity contribution in [2.45, 2.75) is 19.6 Å². The molecule has 0 saturated carbocycles. The fraction of sp³-hybridized carbons (Fsp3) is 0.273. The van der Waals surface area contributed by atoms with Crippen molar-refractivity contribution in [3.8, 4) is 0 Å². The average Bonchev–Trinajstić information content (AvgIpc) is 3.38. The van der Waals surface area contributed by atoms with Crippen molar-refractivity contribution in [2.75, 3.05) is 110 Å². The van der Waals surface area contributed by atoms with E-state index in [0.29, 0.717) is 13.1 Å². The first-order chi connectivity index (χ1) is 37.4. The van der Waals surface area contributed by atoms with Crippen LogP contribution in [0.15, 0.2) is 105 Å². The smallest absolute Gasteiger partial charge is 0.744 e. The summed E-state index contributed by atoms with van der Waals surface area (Å²) < 4.78 is 144. The molecular formula is C44H51N13Na4O18S4. The third-order valence-corrected chi connectivity index (χ3v) is 13.7. The van der Waals surface area contributed by atoms with Gasteiger partial charge in [-0.3, -0.25) is 0 Å². The summed E-state index contributed by atoms with van der Waals surface area (Å²) >= 11 is 0. The number of aliphatic hydroxyl groups is 6. The van der Waals surface area contributed by atoms with Crippen LogP contribution in [0.3, 0.4) is 0 Å². The van der Waals surface area contributed by atoms with Gasteiger partial charge in [-0.15, -0.1) is 0 Å². The summed E-state index contributed by atoms with van der Waals surface area (Å²) in [6.45, 7) is -0.421. The molecule has 11 N–H and O–H groups in total. The normalized spacial score (nSPS) is 11.3. The Bertz CT molecular complexity index is 3280. The molecule has 2 heterocycles. The standard InChI is InChI=1S/C40H44N12O16S4.C4H11NO2.4Na/c53-19-15-51(16-20-54)39-47-35(41-27-7-11-31(12-8-27)69(57,58)59)45-37(49-39)43-29-5-3-25(33(23-29)71(63,64)65)1-2-26-4-6-30(24-34(26)72(66,67)68)44-38-46-36(48-40(50-38)52(17-21-55)18-22-56)42-28-9-13-32(14-10-28)70(60,61)62;6-3-1-5-2-4-7;;;;/h1-14,23-24,53-56H,15-22H2,(H,57,58,59)(H,60,61,62)(H,63,64,65)(H,66,67,68)(H2,41,43,45,47,49)(H2,42,44,46,48,50);5-7H,1-4H2;;;;/q;;4*+1/p-4/b2-1+;;;;;. The molecule has 0 saturated heterocycles. The molecule has 0 atom stereocenters. The Kier molecular flexibility index (Phi) is 34.5. The molecule has 0 bridgehead atoms. The summed E-state index contributed by atoms with van der Waals surface area (Å²) in [6, 6.07) is 15.9.